The minimum absolute atomic E-state index is 0.122. The molecule has 1 aliphatic rings. The summed E-state index contributed by atoms with van der Waals surface area (Å²) in [5, 5.41) is 6.55. The highest BCUT2D eigenvalue weighted by molar-refractivity contribution is 14.1. The number of amides is 2. The van der Waals surface area contributed by atoms with Crippen LogP contribution in [0.5, 0.6) is 0 Å². The summed E-state index contributed by atoms with van der Waals surface area (Å²) in [6.45, 7) is 0. The zero-order valence-corrected chi connectivity index (χ0v) is 13.8. The summed E-state index contributed by atoms with van der Waals surface area (Å²) in [6.07, 6.45) is 6.84. The summed E-state index contributed by atoms with van der Waals surface area (Å²) in [5.41, 5.74) is 3.12. The van der Waals surface area contributed by atoms with Crippen LogP contribution in [0.4, 0.5) is 0 Å². The summed E-state index contributed by atoms with van der Waals surface area (Å²) in [5.74, 6) is -1.33. The van der Waals surface area contributed by atoms with Gasteiger partial charge < -0.3 is 5.32 Å². The van der Waals surface area contributed by atoms with Crippen molar-refractivity contribution in [3.63, 3.8) is 0 Å². The SMILES string of the molecule is O=C(N/N=C/c1ccc(I)cc1)C(=O)NC1CCCCC1. The molecule has 6 heteroatoms. The van der Waals surface area contributed by atoms with Gasteiger partial charge >= 0.3 is 11.8 Å². The fourth-order valence-corrected chi connectivity index (χ4v) is 2.62. The lowest BCUT2D eigenvalue weighted by Crippen LogP contribution is -2.44. The van der Waals surface area contributed by atoms with Gasteiger partial charge in [0.05, 0.1) is 6.21 Å². The Hall–Kier alpha value is -1.44. The van der Waals surface area contributed by atoms with E-state index < -0.39 is 11.8 Å². The Kier molecular flexibility index (Phi) is 6.16. The Morgan fingerprint density at radius 1 is 1.10 bits per heavy atom. The van der Waals surface area contributed by atoms with Gasteiger partial charge in [-0.1, -0.05) is 31.4 Å². The van der Waals surface area contributed by atoms with Gasteiger partial charge in [0.15, 0.2) is 0 Å². The zero-order valence-electron chi connectivity index (χ0n) is 11.6. The predicted molar refractivity (Wildman–Crippen MR) is 89.9 cm³/mol. The number of rotatable bonds is 3. The van der Waals surface area contributed by atoms with Crippen LogP contribution in [0.15, 0.2) is 29.4 Å². The first kappa shape index (κ1) is 15.9. The van der Waals surface area contributed by atoms with E-state index in [-0.39, 0.29) is 6.04 Å². The van der Waals surface area contributed by atoms with Crippen molar-refractivity contribution in [2.24, 2.45) is 5.10 Å². The molecule has 5 nitrogen and oxygen atoms in total. The standard InChI is InChI=1S/C15H18IN3O2/c16-12-8-6-11(7-9-12)10-17-19-15(21)14(20)18-13-4-2-1-3-5-13/h6-10,13H,1-5H2,(H,18,20)(H,19,21)/b17-10+. The minimum Gasteiger partial charge on any atom is -0.345 e. The summed E-state index contributed by atoms with van der Waals surface area (Å²) in [6, 6.07) is 7.79. The highest BCUT2D eigenvalue weighted by Crippen LogP contribution is 2.17. The molecule has 1 saturated carbocycles. The number of hydrogen-bond donors (Lipinski definition) is 2. The molecule has 1 aromatic carbocycles. The number of nitrogens with one attached hydrogen (secondary N) is 2. The van der Waals surface area contributed by atoms with Gasteiger partial charge in [0.2, 0.25) is 0 Å². The number of carbonyl (C=O) groups is 2. The molecule has 0 bridgehead atoms. The normalized spacial score (nSPS) is 15.9. The van der Waals surface area contributed by atoms with Crippen LogP contribution < -0.4 is 10.7 Å². The fourth-order valence-electron chi connectivity index (χ4n) is 2.26. The van der Waals surface area contributed by atoms with Crippen LogP contribution in [0, 0.1) is 3.57 Å². The van der Waals surface area contributed by atoms with Crippen molar-refractivity contribution < 1.29 is 9.59 Å². The quantitative estimate of drug-likeness (QED) is 0.354. The maximum Gasteiger partial charge on any atom is 0.329 e. The largest absolute Gasteiger partial charge is 0.345 e. The lowest BCUT2D eigenvalue weighted by Gasteiger charge is -2.22. The summed E-state index contributed by atoms with van der Waals surface area (Å²) in [4.78, 5) is 23.3. The van der Waals surface area contributed by atoms with Crippen LogP contribution in [-0.4, -0.2) is 24.1 Å². The maximum atomic E-state index is 11.7. The van der Waals surface area contributed by atoms with Gasteiger partial charge in [-0.15, -0.1) is 0 Å². The van der Waals surface area contributed by atoms with E-state index in [1.807, 2.05) is 24.3 Å². The third kappa shape index (κ3) is 5.45. The van der Waals surface area contributed by atoms with Gasteiger partial charge in [-0.05, 0) is 53.1 Å². The molecule has 1 aromatic rings. The number of carbonyl (C=O) groups excluding carboxylic acids is 2. The van der Waals surface area contributed by atoms with Crippen molar-refractivity contribution in [2.75, 3.05) is 0 Å². The van der Waals surface area contributed by atoms with Crippen molar-refractivity contribution in [1.82, 2.24) is 10.7 Å². The van der Waals surface area contributed by atoms with Crippen molar-refractivity contribution in [3.05, 3.63) is 33.4 Å². The van der Waals surface area contributed by atoms with E-state index >= 15 is 0 Å². The molecule has 0 unspecified atom stereocenters. The van der Waals surface area contributed by atoms with E-state index in [2.05, 4.69) is 38.4 Å². The van der Waals surface area contributed by atoms with Crippen LogP contribution in [0.3, 0.4) is 0 Å². The molecule has 0 aromatic heterocycles. The molecule has 21 heavy (non-hydrogen) atoms. The first-order valence-electron chi connectivity index (χ1n) is 7.04. The van der Waals surface area contributed by atoms with Crippen molar-refractivity contribution in [3.8, 4) is 0 Å². The third-order valence-corrected chi connectivity index (χ3v) is 4.12. The van der Waals surface area contributed by atoms with Crippen LogP contribution >= 0.6 is 22.6 Å². The molecule has 112 valence electrons. The average molecular weight is 399 g/mol. The monoisotopic (exact) mass is 399 g/mol. The second-order valence-corrected chi connectivity index (χ2v) is 6.30. The fraction of sp³-hybridized carbons (Fsp3) is 0.400. The first-order chi connectivity index (χ1) is 10.1. The van der Waals surface area contributed by atoms with Gasteiger partial charge in [-0.25, -0.2) is 5.43 Å². The zero-order chi connectivity index (χ0) is 15.1. The number of nitrogens with zero attached hydrogens (tertiary/aromatic N) is 1. The molecule has 0 radical (unpaired) electrons. The highest BCUT2D eigenvalue weighted by atomic mass is 127. The van der Waals surface area contributed by atoms with E-state index in [1.54, 1.807) is 0 Å². The molecule has 0 heterocycles. The molecule has 0 atom stereocenters. The van der Waals surface area contributed by atoms with E-state index in [9.17, 15) is 9.59 Å². The molecule has 2 amide bonds. The number of hydrazone groups is 1. The minimum atomic E-state index is -0.720. The third-order valence-electron chi connectivity index (χ3n) is 3.40. The van der Waals surface area contributed by atoms with E-state index in [0.717, 1.165) is 34.8 Å². The first-order valence-corrected chi connectivity index (χ1v) is 8.12. The molecular formula is C15H18IN3O2. The Labute approximate surface area is 137 Å². The van der Waals surface area contributed by atoms with Crippen LogP contribution in [0.25, 0.3) is 0 Å². The molecule has 1 aliphatic carbocycles. The highest BCUT2D eigenvalue weighted by Gasteiger charge is 2.19. The Balaban J connectivity index is 1.77. The van der Waals surface area contributed by atoms with Crippen molar-refractivity contribution in [2.45, 2.75) is 38.1 Å². The van der Waals surface area contributed by atoms with Gasteiger partial charge in [-0.2, -0.15) is 5.10 Å². The molecule has 1 fully saturated rings. The lowest BCUT2D eigenvalue weighted by molar-refractivity contribution is -0.139. The second kappa shape index (κ2) is 8.11. The molecule has 0 aliphatic heterocycles. The number of hydrogen-bond acceptors (Lipinski definition) is 3. The topological polar surface area (TPSA) is 70.6 Å². The predicted octanol–water partition coefficient (Wildman–Crippen LogP) is 2.19. The van der Waals surface area contributed by atoms with Crippen LogP contribution in [-0.2, 0) is 9.59 Å². The molecule has 2 N–H and O–H groups in total. The summed E-state index contributed by atoms with van der Waals surface area (Å²) >= 11 is 2.21. The molecule has 0 spiro atoms. The average Bonchev–Trinajstić information content (AvgIpc) is 2.50. The van der Waals surface area contributed by atoms with E-state index in [4.69, 9.17) is 0 Å². The molecule has 2 rings (SSSR count). The Bertz CT molecular complexity index is 522. The molecule has 0 saturated heterocycles. The maximum absolute atomic E-state index is 11.7. The van der Waals surface area contributed by atoms with Crippen molar-refractivity contribution >= 4 is 40.6 Å². The van der Waals surface area contributed by atoms with Crippen LogP contribution in [0.1, 0.15) is 37.7 Å². The van der Waals surface area contributed by atoms with Gasteiger partial charge in [0, 0.05) is 9.61 Å². The lowest BCUT2D eigenvalue weighted by atomic mass is 9.95. The van der Waals surface area contributed by atoms with E-state index in [1.165, 1.54) is 12.6 Å². The van der Waals surface area contributed by atoms with Gasteiger partial charge in [0.25, 0.3) is 0 Å². The second-order valence-electron chi connectivity index (χ2n) is 5.06. The number of benzene rings is 1. The number of halogens is 1. The van der Waals surface area contributed by atoms with Crippen LogP contribution in [0.2, 0.25) is 0 Å². The summed E-state index contributed by atoms with van der Waals surface area (Å²) in [7, 11) is 0. The Morgan fingerprint density at radius 2 is 1.76 bits per heavy atom. The smallest absolute Gasteiger partial charge is 0.329 e. The van der Waals surface area contributed by atoms with Gasteiger partial charge in [0.1, 0.15) is 0 Å². The van der Waals surface area contributed by atoms with Crippen molar-refractivity contribution in [1.29, 1.82) is 0 Å². The Morgan fingerprint density at radius 3 is 2.43 bits per heavy atom. The summed E-state index contributed by atoms with van der Waals surface area (Å²) < 4.78 is 1.13. The van der Waals surface area contributed by atoms with E-state index in [0.29, 0.717) is 0 Å². The van der Waals surface area contributed by atoms with Gasteiger partial charge in [-0.3, -0.25) is 9.59 Å². The molecular weight excluding hydrogens is 381 g/mol.